The third-order valence-electron chi connectivity index (χ3n) is 5.24. The summed E-state index contributed by atoms with van der Waals surface area (Å²) in [5, 5.41) is 5.40. The maximum Gasteiger partial charge on any atom is 0.319 e. The smallest absolute Gasteiger partial charge is 0.319 e. The number of carbonyl (C=O) groups is 2. The molecule has 10 heteroatoms. The van der Waals surface area contributed by atoms with Gasteiger partial charge < -0.3 is 15.5 Å². The number of pyridine rings is 1. The molecule has 9 nitrogen and oxygen atoms in total. The lowest BCUT2D eigenvalue weighted by Gasteiger charge is -2.26. The van der Waals surface area contributed by atoms with Crippen LogP contribution in [-0.2, 0) is 21.4 Å². The minimum absolute atomic E-state index is 0.0519. The van der Waals surface area contributed by atoms with Crippen molar-refractivity contribution in [2.45, 2.75) is 37.8 Å². The maximum absolute atomic E-state index is 13.0. The van der Waals surface area contributed by atoms with Crippen molar-refractivity contribution >= 4 is 27.6 Å². The van der Waals surface area contributed by atoms with Gasteiger partial charge in [-0.25, -0.2) is 13.2 Å². The lowest BCUT2D eigenvalue weighted by molar-refractivity contribution is -0.130. The first-order valence-electron chi connectivity index (χ1n) is 10.1. The highest BCUT2D eigenvalue weighted by Crippen LogP contribution is 2.24. The van der Waals surface area contributed by atoms with Crippen LogP contribution in [0.2, 0.25) is 0 Å². The number of likely N-dealkylation sites (N-methyl/N-ethyl adjacent to an activating group) is 1. The molecule has 1 aromatic carbocycles. The van der Waals surface area contributed by atoms with Gasteiger partial charge in [0.25, 0.3) is 0 Å². The lowest BCUT2D eigenvalue weighted by Crippen LogP contribution is -2.41. The highest BCUT2D eigenvalue weighted by atomic mass is 32.2. The molecule has 2 aromatic rings. The second kappa shape index (κ2) is 9.88. The van der Waals surface area contributed by atoms with Crippen LogP contribution in [0, 0.1) is 0 Å². The summed E-state index contributed by atoms with van der Waals surface area (Å²) in [6.45, 7) is 4.92. The average Bonchev–Trinajstić information content (AvgIpc) is 3.24. The summed E-state index contributed by atoms with van der Waals surface area (Å²) in [7, 11) is -3.67. The van der Waals surface area contributed by atoms with Crippen LogP contribution in [0.3, 0.4) is 0 Å². The number of nitrogens with one attached hydrogen (secondary N) is 2. The van der Waals surface area contributed by atoms with E-state index < -0.39 is 16.1 Å². The minimum Gasteiger partial charge on any atom is -0.339 e. The van der Waals surface area contributed by atoms with Crippen LogP contribution < -0.4 is 10.6 Å². The fourth-order valence-corrected chi connectivity index (χ4v) is 5.13. The molecule has 166 valence electrons. The maximum atomic E-state index is 13.0. The Hall–Kier alpha value is -2.98. The van der Waals surface area contributed by atoms with Gasteiger partial charge in [-0.1, -0.05) is 6.07 Å². The average molecular weight is 446 g/mol. The van der Waals surface area contributed by atoms with Crippen molar-refractivity contribution in [3.05, 3.63) is 54.4 Å². The van der Waals surface area contributed by atoms with Crippen LogP contribution in [0.1, 0.15) is 25.8 Å². The van der Waals surface area contributed by atoms with Crippen molar-refractivity contribution < 1.29 is 18.0 Å². The number of aromatic nitrogens is 1. The van der Waals surface area contributed by atoms with E-state index in [1.165, 1.54) is 23.4 Å². The van der Waals surface area contributed by atoms with Crippen molar-refractivity contribution in [3.63, 3.8) is 0 Å². The molecule has 2 N–H and O–H groups in total. The zero-order valence-corrected chi connectivity index (χ0v) is 18.4. The molecule has 1 atom stereocenters. The minimum atomic E-state index is -3.67. The monoisotopic (exact) mass is 445 g/mol. The third kappa shape index (κ3) is 5.59. The summed E-state index contributed by atoms with van der Waals surface area (Å²) in [5.41, 5.74) is 1.35. The Morgan fingerprint density at radius 1 is 1.23 bits per heavy atom. The Kier molecular flexibility index (Phi) is 7.24. The Morgan fingerprint density at radius 2 is 1.97 bits per heavy atom. The van der Waals surface area contributed by atoms with E-state index in [1.54, 1.807) is 35.5 Å². The molecular weight excluding hydrogens is 418 g/mol. The fraction of sp³-hybridized carbons (Fsp3) is 0.381. The number of hydrogen-bond acceptors (Lipinski definition) is 5. The molecule has 1 aliphatic rings. The standard InChI is InChI=1S/C21H27N5O4S/c1-3-26(16(2)27)19-10-12-25(15-19)31(29,30)20-8-6-18(7-9-20)24-21(28)23-14-17-5-4-11-22-13-17/h4-9,11,13,19H,3,10,12,14-15H2,1-2H3,(H2,23,24,28). The van der Waals surface area contributed by atoms with Crippen LogP contribution in [0.15, 0.2) is 53.7 Å². The quantitative estimate of drug-likeness (QED) is 0.677. The van der Waals surface area contributed by atoms with Crippen LogP contribution in [0.25, 0.3) is 0 Å². The molecule has 2 heterocycles. The second-order valence-corrected chi connectivity index (χ2v) is 9.24. The fourth-order valence-electron chi connectivity index (χ4n) is 3.64. The van der Waals surface area contributed by atoms with E-state index in [-0.39, 0.29) is 23.4 Å². The topological polar surface area (TPSA) is 112 Å². The molecular formula is C21H27N5O4S. The number of anilines is 1. The molecule has 31 heavy (non-hydrogen) atoms. The summed E-state index contributed by atoms with van der Waals surface area (Å²) in [4.78, 5) is 29.7. The second-order valence-electron chi connectivity index (χ2n) is 7.30. The molecule has 0 radical (unpaired) electrons. The number of sulfonamides is 1. The van der Waals surface area contributed by atoms with Crippen molar-refractivity contribution in [2.75, 3.05) is 25.0 Å². The van der Waals surface area contributed by atoms with Crippen molar-refractivity contribution in [1.82, 2.24) is 19.5 Å². The van der Waals surface area contributed by atoms with Crippen molar-refractivity contribution in [2.24, 2.45) is 0 Å². The molecule has 1 aliphatic heterocycles. The van der Waals surface area contributed by atoms with Crippen molar-refractivity contribution in [3.8, 4) is 0 Å². The molecule has 0 spiro atoms. The molecule has 0 bridgehead atoms. The SMILES string of the molecule is CCN(C(C)=O)C1CCN(S(=O)(=O)c2ccc(NC(=O)NCc3cccnc3)cc2)C1. The highest BCUT2D eigenvalue weighted by molar-refractivity contribution is 7.89. The highest BCUT2D eigenvalue weighted by Gasteiger charge is 2.35. The van der Waals surface area contributed by atoms with Gasteiger partial charge >= 0.3 is 6.03 Å². The van der Waals surface area contributed by atoms with Gasteiger partial charge in [-0.05, 0) is 49.2 Å². The first-order chi connectivity index (χ1) is 14.8. The first kappa shape index (κ1) is 22.7. The number of urea groups is 1. The first-order valence-corrected chi connectivity index (χ1v) is 11.6. The van der Waals surface area contributed by atoms with Gasteiger partial charge in [-0.2, -0.15) is 4.31 Å². The van der Waals surface area contributed by atoms with E-state index in [0.29, 0.717) is 31.7 Å². The normalized spacial score (nSPS) is 16.6. The lowest BCUT2D eigenvalue weighted by atomic mass is 10.2. The van der Waals surface area contributed by atoms with E-state index in [1.807, 2.05) is 13.0 Å². The number of benzene rings is 1. The molecule has 1 saturated heterocycles. The summed E-state index contributed by atoms with van der Waals surface area (Å²) in [5.74, 6) is -0.0519. The van der Waals surface area contributed by atoms with Gasteiger partial charge in [0, 0.05) is 57.2 Å². The van der Waals surface area contributed by atoms with Gasteiger partial charge in [0.05, 0.1) is 4.90 Å². The molecule has 0 saturated carbocycles. The Labute approximate surface area is 182 Å². The molecule has 1 unspecified atom stereocenters. The number of rotatable bonds is 7. The molecule has 3 amide bonds. The Morgan fingerprint density at radius 3 is 2.58 bits per heavy atom. The summed E-state index contributed by atoms with van der Waals surface area (Å²) >= 11 is 0. The summed E-state index contributed by atoms with van der Waals surface area (Å²) in [6.07, 6.45) is 3.94. The van der Waals surface area contributed by atoms with E-state index in [2.05, 4.69) is 15.6 Å². The van der Waals surface area contributed by atoms with Gasteiger partial charge in [0.2, 0.25) is 15.9 Å². The van der Waals surface area contributed by atoms with Crippen molar-refractivity contribution in [1.29, 1.82) is 0 Å². The zero-order valence-electron chi connectivity index (χ0n) is 17.6. The Bertz CT molecular complexity index is 1010. The van der Waals surface area contributed by atoms with E-state index in [0.717, 1.165) is 5.56 Å². The summed E-state index contributed by atoms with van der Waals surface area (Å²) in [6, 6.07) is 9.19. The number of hydrogen-bond donors (Lipinski definition) is 2. The van der Waals surface area contributed by atoms with Crippen LogP contribution in [-0.4, -0.2) is 60.2 Å². The van der Waals surface area contributed by atoms with Gasteiger partial charge in [0.15, 0.2) is 0 Å². The Balaban J connectivity index is 1.58. The molecule has 1 fully saturated rings. The zero-order chi connectivity index (χ0) is 22.4. The number of carbonyl (C=O) groups excluding carboxylic acids is 2. The predicted octanol–water partition coefficient (Wildman–Crippen LogP) is 2.03. The van der Waals surface area contributed by atoms with Gasteiger partial charge in [-0.15, -0.1) is 0 Å². The molecule has 0 aliphatic carbocycles. The largest absolute Gasteiger partial charge is 0.339 e. The predicted molar refractivity (Wildman–Crippen MR) is 117 cm³/mol. The van der Waals surface area contributed by atoms with Crippen LogP contribution >= 0.6 is 0 Å². The van der Waals surface area contributed by atoms with Crippen LogP contribution in [0.4, 0.5) is 10.5 Å². The number of nitrogens with zero attached hydrogens (tertiary/aromatic N) is 3. The van der Waals surface area contributed by atoms with E-state index >= 15 is 0 Å². The van der Waals surface area contributed by atoms with Gasteiger partial charge in [0.1, 0.15) is 0 Å². The molecule has 1 aromatic heterocycles. The third-order valence-corrected chi connectivity index (χ3v) is 7.12. The van der Waals surface area contributed by atoms with E-state index in [9.17, 15) is 18.0 Å². The summed E-state index contributed by atoms with van der Waals surface area (Å²) < 4.78 is 27.4. The van der Waals surface area contributed by atoms with Gasteiger partial charge in [-0.3, -0.25) is 9.78 Å². The van der Waals surface area contributed by atoms with Crippen LogP contribution in [0.5, 0.6) is 0 Å². The molecule has 3 rings (SSSR count). The van der Waals surface area contributed by atoms with E-state index in [4.69, 9.17) is 0 Å². The number of amides is 3.